The van der Waals surface area contributed by atoms with Gasteiger partial charge in [-0.05, 0) is 88.8 Å². The van der Waals surface area contributed by atoms with Gasteiger partial charge in [-0.15, -0.1) is 0 Å². The predicted molar refractivity (Wildman–Crippen MR) is 147 cm³/mol. The van der Waals surface area contributed by atoms with Gasteiger partial charge >= 0.3 is 5.97 Å². The highest BCUT2D eigenvalue weighted by molar-refractivity contribution is 14.1. The number of hydrogen-bond donors (Lipinski definition) is 0. The fourth-order valence-corrected chi connectivity index (χ4v) is 5.33. The monoisotopic (exact) mass is 663 g/mol. The van der Waals surface area contributed by atoms with E-state index in [0.717, 1.165) is 21.8 Å². The average molecular weight is 664 g/mol. The number of hydrogen-bond acceptors (Lipinski definition) is 6. The largest absolute Gasteiger partial charge is 0.490 e. The zero-order chi connectivity index (χ0) is 24.9. The molecule has 0 unspecified atom stereocenters. The molecule has 0 atom stereocenters. The quantitative estimate of drug-likeness (QED) is 0.118. The number of halogens is 2. The molecule has 1 aliphatic heterocycles. The van der Waals surface area contributed by atoms with Crippen molar-refractivity contribution >= 4 is 73.5 Å². The number of rotatable bonds is 7. The Labute approximate surface area is 228 Å². The van der Waals surface area contributed by atoms with Gasteiger partial charge in [-0.25, -0.2) is 4.79 Å². The number of imide groups is 1. The molecule has 3 aromatic carbocycles. The van der Waals surface area contributed by atoms with Crippen molar-refractivity contribution in [2.45, 2.75) is 13.5 Å². The standard InChI is InChI=1S/C26H19BrINO5S/c1-2-33-21-13-16(12-20(28)23(21)34-25(31)17-8-4-3-5-9-17)14-22-24(30)29(26(32)35-22)15-18-10-6-7-11-19(18)27/h3-14H,2,15H2,1H3/b22-14-. The average Bonchev–Trinajstić information content (AvgIpc) is 3.10. The molecule has 0 bridgehead atoms. The lowest BCUT2D eigenvalue weighted by atomic mass is 10.1. The van der Waals surface area contributed by atoms with Crippen molar-refractivity contribution in [1.82, 2.24) is 4.90 Å². The summed E-state index contributed by atoms with van der Waals surface area (Å²) in [7, 11) is 0. The zero-order valence-corrected chi connectivity index (χ0v) is 23.1. The lowest BCUT2D eigenvalue weighted by Crippen LogP contribution is -2.27. The van der Waals surface area contributed by atoms with Gasteiger partial charge in [0.2, 0.25) is 0 Å². The van der Waals surface area contributed by atoms with Gasteiger partial charge in [0.15, 0.2) is 11.5 Å². The van der Waals surface area contributed by atoms with E-state index in [2.05, 4.69) is 38.5 Å². The van der Waals surface area contributed by atoms with Crippen LogP contribution < -0.4 is 9.47 Å². The summed E-state index contributed by atoms with van der Waals surface area (Å²) in [5, 5.41) is -0.329. The van der Waals surface area contributed by atoms with Gasteiger partial charge < -0.3 is 9.47 Å². The molecule has 1 aliphatic rings. The van der Waals surface area contributed by atoms with Gasteiger partial charge in [0, 0.05) is 4.47 Å². The summed E-state index contributed by atoms with van der Waals surface area (Å²) < 4.78 is 12.8. The van der Waals surface area contributed by atoms with Crippen LogP contribution in [-0.2, 0) is 11.3 Å². The van der Waals surface area contributed by atoms with Crippen LogP contribution in [0, 0.1) is 3.57 Å². The van der Waals surface area contributed by atoms with Gasteiger partial charge in [0.05, 0.1) is 27.2 Å². The normalized spacial score (nSPS) is 14.5. The molecule has 0 aromatic heterocycles. The minimum absolute atomic E-state index is 0.180. The molecule has 35 heavy (non-hydrogen) atoms. The summed E-state index contributed by atoms with van der Waals surface area (Å²) >= 11 is 6.42. The van der Waals surface area contributed by atoms with Gasteiger partial charge in [0.1, 0.15) is 0 Å². The van der Waals surface area contributed by atoms with Crippen molar-refractivity contribution in [2.75, 3.05) is 6.61 Å². The predicted octanol–water partition coefficient (Wildman–Crippen LogP) is 6.91. The van der Waals surface area contributed by atoms with E-state index < -0.39 is 5.97 Å². The third-order valence-electron chi connectivity index (χ3n) is 4.99. The first-order valence-corrected chi connectivity index (χ1v) is 13.3. The number of carbonyl (C=O) groups excluding carboxylic acids is 3. The van der Waals surface area contributed by atoms with Crippen molar-refractivity contribution in [1.29, 1.82) is 0 Å². The molecule has 1 heterocycles. The lowest BCUT2D eigenvalue weighted by molar-refractivity contribution is -0.123. The molecular weight excluding hydrogens is 645 g/mol. The Morgan fingerprint density at radius 1 is 1.09 bits per heavy atom. The molecule has 9 heteroatoms. The number of benzene rings is 3. The molecule has 178 valence electrons. The Kier molecular flexibility index (Phi) is 8.30. The summed E-state index contributed by atoms with van der Waals surface area (Å²) in [6.45, 7) is 2.37. The Morgan fingerprint density at radius 3 is 2.51 bits per heavy atom. The first-order valence-electron chi connectivity index (χ1n) is 10.6. The number of carbonyl (C=O) groups is 3. The summed E-state index contributed by atoms with van der Waals surface area (Å²) in [5.74, 6) is -0.170. The first kappa shape index (κ1) is 25.5. The van der Waals surface area contributed by atoms with Crippen LogP contribution in [0.5, 0.6) is 11.5 Å². The van der Waals surface area contributed by atoms with Crippen LogP contribution in [0.2, 0.25) is 0 Å². The van der Waals surface area contributed by atoms with Crippen LogP contribution in [0.3, 0.4) is 0 Å². The lowest BCUT2D eigenvalue weighted by Gasteiger charge is -2.14. The molecule has 4 rings (SSSR count). The van der Waals surface area contributed by atoms with E-state index in [9.17, 15) is 14.4 Å². The van der Waals surface area contributed by atoms with Crippen LogP contribution in [0.15, 0.2) is 76.1 Å². The van der Waals surface area contributed by atoms with Gasteiger partial charge in [-0.3, -0.25) is 14.5 Å². The number of nitrogens with zero attached hydrogens (tertiary/aromatic N) is 1. The Hall–Kier alpha value is -2.63. The second kappa shape index (κ2) is 11.4. The van der Waals surface area contributed by atoms with Crippen LogP contribution in [0.1, 0.15) is 28.4 Å². The molecule has 1 saturated heterocycles. The summed E-state index contributed by atoms with van der Waals surface area (Å²) in [6.07, 6.45) is 1.65. The highest BCUT2D eigenvalue weighted by Crippen LogP contribution is 2.38. The highest BCUT2D eigenvalue weighted by atomic mass is 127. The molecule has 0 aliphatic carbocycles. The minimum atomic E-state index is -0.495. The number of esters is 1. The minimum Gasteiger partial charge on any atom is -0.490 e. The molecular formula is C26H19BrINO5S. The smallest absolute Gasteiger partial charge is 0.343 e. The fourth-order valence-electron chi connectivity index (χ4n) is 3.34. The van der Waals surface area contributed by atoms with Crippen molar-refractivity contribution in [3.63, 3.8) is 0 Å². The summed E-state index contributed by atoms with van der Waals surface area (Å²) in [5.41, 5.74) is 1.92. The maximum atomic E-state index is 13.0. The molecule has 2 amide bonds. The zero-order valence-electron chi connectivity index (χ0n) is 18.5. The van der Waals surface area contributed by atoms with E-state index in [1.807, 2.05) is 37.3 Å². The third kappa shape index (κ3) is 5.96. The Bertz CT molecular complexity index is 1330. The van der Waals surface area contributed by atoms with Crippen molar-refractivity contribution in [3.05, 3.63) is 96.4 Å². The van der Waals surface area contributed by atoms with E-state index in [1.54, 1.807) is 42.5 Å². The molecule has 3 aromatic rings. The molecule has 0 saturated carbocycles. The summed E-state index contributed by atoms with van der Waals surface area (Å²) in [4.78, 5) is 39.7. The van der Waals surface area contributed by atoms with Crippen molar-refractivity contribution < 1.29 is 23.9 Å². The molecule has 6 nitrogen and oxygen atoms in total. The van der Waals surface area contributed by atoms with Gasteiger partial charge in [-0.1, -0.05) is 52.3 Å². The number of ether oxygens (including phenoxy) is 2. The fraction of sp³-hybridized carbons (Fsp3) is 0.115. The summed E-state index contributed by atoms with van der Waals surface area (Å²) in [6, 6.07) is 19.6. The van der Waals surface area contributed by atoms with Crippen molar-refractivity contribution in [3.8, 4) is 11.5 Å². The SMILES string of the molecule is CCOc1cc(/C=C2\SC(=O)N(Cc3ccccc3Br)C2=O)cc(I)c1OC(=O)c1ccccc1. The van der Waals surface area contributed by atoms with Crippen LogP contribution in [0.4, 0.5) is 4.79 Å². The highest BCUT2D eigenvalue weighted by Gasteiger charge is 2.35. The second-order valence-electron chi connectivity index (χ2n) is 7.38. The second-order valence-corrected chi connectivity index (χ2v) is 10.4. The van der Waals surface area contributed by atoms with Crippen LogP contribution in [0.25, 0.3) is 6.08 Å². The van der Waals surface area contributed by atoms with E-state index >= 15 is 0 Å². The Balaban J connectivity index is 1.59. The first-order chi connectivity index (χ1) is 16.9. The topological polar surface area (TPSA) is 72.9 Å². The number of thioether (sulfide) groups is 1. The number of amides is 2. The van der Waals surface area contributed by atoms with Crippen LogP contribution in [-0.4, -0.2) is 28.6 Å². The maximum Gasteiger partial charge on any atom is 0.343 e. The molecule has 1 fully saturated rings. The molecule has 0 N–H and O–H groups in total. The maximum absolute atomic E-state index is 13.0. The van der Waals surface area contributed by atoms with E-state index in [4.69, 9.17) is 9.47 Å². The molecule has 0 spiro atoms. The van der Waals surface area contributed by atoms with E-state index in [1.165, 1.54) is 4.90 Å². The van der Waals surface area contributed by atoms with Gasteiger partial charge in [0.25, 0.3) is 11.1 Å². The van der Waals surface area contributed by atoms with Gasteiger partial charge in [-0.2, -0.15) is 0 Å². The van der Waals surface area contributed by atoms with E-state index in [-0.39, 0.29) is 17.7 Å². The Morgan fingerprint density at radius 2 is 1.80 bits per heavy atom. The molecule has 0 radical (unpaired) electrons. The van der Waals surface area contributed by atoms with Crippen molar-refractivity contribution in [2.24, 2.45) is 0 Å². The third-order valence-corrected chi connectivity index (χ3v) is 7.48. The van der Waals surface area contributed by atoms with Crippen LogP contribution >= 0.6 is 50.3 Å². The van der Waals surface area contributed by atoms with E-state index in [0.29, 0.717) is 37.7 Å².